The van der Waals surface area contributed by atoms with Gasteiger partial charge in [-0.15, -0.1) is 0 Å². The van der Waals surface area contributed by atoms with E-state index in [9.17, 15) is 0 Å². The smallest absolute Gasteiger partial charge is 0.0560 e. The van der Waals surface area contributed by atoms with Crippen LogP contribution in [0, 0.1) is 0 Å². The number of aromatic nitrogens is 3. The third-order valence-corrected chi connectivity index (χ3v) is 2.85. The molecule has 0 aromatic carbocycles. The first-order valence-corrected chi connectivity index (χ1v) is 6.13. The molecule has 0 saturated heterocycles. The minimum atomic E-state index is 0.417. The molecule has 1 N–H and O–H groups in total. The van der Waals surface area contributed by atoms with E-state index in [2.05, 4.69) is 47.3 Å². The molecular formula is C13H20N4. The van der Waals surface area contributed by atoms with Gasteiger partial charge in [0, 0.05) is 43.9 Å². The second kappa shape index (κ2) is 5.68. The first kappa shape index (κ1) is 11.9. The van der Waals surface area contributed by atoms with Crippen LogP contribution in [-0.4, -0.2) is 20.4 Å². The average Bonchev–Trinajstić information content (AvgIpc) is 2.96. The zero-order chi connectivity index (χ0) is 12.1. The summed E-state index contributed by atoms with van der Waals surface area (Å²) in [6.45, 7) is 7.18. The van der Waals surface area contributed by atoms with Crippen molar-refractivity contribution < 1.29 is 0 Å². The third-order valence-electron chi connectivity index (χ3n) is 2.85. The van der Waals surface area contributed by atoms with Gasteiger partial charge in [-0.25, -0.2) is 0 Å². The largest absolute Gasteiger partial charge is 0.354 e. The second-order valence-corrected chi connectivity index (χ2v) is 4.36. The van der Waals surface area contributed by atoms with Crippen molar-refractivity contribution in [2.24, 2.45) is 0 Å². The Hall–Kier alpha value is -1.55. The van der Waals surface area contributed by atoms with Crippen LogP contribution in [-0.2, 0) is 19.6 Å². The van der Waals surface area contributed by atoms with Gasteiger partial charge in [-0.2, -0.15) is 5.10 Å². The highest BCUT2D eigenvalue weighted by molar-refractivity contribution is 5.09. The Labute approximate surface area is 102 Å². The molecule has 0 aliphatic heterocycles. The molecule has 2 rings (SSSR count). The highest BCUT2D eigenvalue weighted by Gasteiger charge is 2.03. The summed E-state index contributed by atoms with van der Waals surface area (Å²) in [6.07, 6.45) is 8.11. The molecule has 2 aromatic rings. The van der Waals surface area contributed by atoms with Crippen molar-refractivity contribution in [3.63, 3.8) is 0 Å². The molecular weight excluding hydrogens is 212 g/mol. The van der Waals surface area contributed by atoms with Gasteiger partial charge in [-0.3, -0.25) is 4.68 Å². The molecule has 2 heterocycles. The lowest BCUT2D eigenvalue weighted by molar-refractivity contribution is 0.450. The van der Waals surface area contributed by atoms with Crippen molar-refractivity contribution in [1.82, 2.24) is 19.7 Å². The quantitative estimate of drug-likeness (QED) is 0.825. The van der Waals surface area contributed by atoms with Gasteiger partial charge in [-0.1, -0.05) is 0 Å². The van der Waals surface area contributed by atoms with Crippen molar-refractivity contribution in [2.45, 2.75) is 39.5 Å². The van der Waals surface area contributed by atoms with E-state index in [4.69, 9.17) is 0 Å². The lowest BCUT2D eigenvalue weighted by Crippen LogP contribution is -2.30. The van der Waals surface area contributed by atoms with Crippen LogP contribution in [0.3, 0.4) is 0 Å². The van der Waals surface area contributed by atoms with Gasteiger partial charge >= 0.3 is 0 Å². The second-order valence-electron chi connectivity index (χ2n) is 4.36. The van der Waals surface area contributed by atoms with Crippen molar-refractivity contribution >= 4 is 0 Å². The summed E-state index contributed by atoms with van der Waals surface area (Å²) in [7, 11) is 0. The normalized spacial score (nSPS) is 12.8. The Morgan fingerprint density at radius 2 is 2.29 bits per heavy atom. The Bertz CT molecular complexity index is 430. The monoisotopic (exact) mass is 232 g/mol. The molecule has 4 heteroatoms. The van der Waals surface area contributed by atoms with Crippen molar-refractivity contribution in [3.05, 3.63) is 42.5 Å². The topological polar surface area (TPSA) is 34.8 Å². The van der Waals surface area contributed by atoms with E-state index in [1.807, 2.05) is 23.1 Å². The van der Waals surface area contributed by atoms with Crippen molar-refractivity contribution in [1.29, 1.82) is 0 Å². The summed E-state index contributed by atoms with van der Waals surface area (Å²) in [6, 6.07) is 4.53. The molecule has 4 nitrogen and oxygen atoms in total. The van der Waals surface area contributed by atoms with Crippen molar-refractivity contribution in [2.75, 3.05) is 0 Å². The first-order valence-electron chi connectivity index (χ1n) is 6.13. The molecule has 0 spiro atoms. The number of rotatable bonds is 6. The van der Waals surface area contributed by atoms with E-state index >= 15 is 0 Å². The highest BCUT2D eigenvalue weighted by atomic mass is 15.3. The van der Waals surface area contributed by atoms with Gasteiger partial charge < -0.3 is 9.88 Å². The van der Waals surface area contributed by atoms with Crippen LogP contribution >= 0.6 is 0 Å². The molecule has 2 aromatic heterocycles. The van der Waals surface area contributed by atoms with Gasteiger partial charge in [0.2, 0.25) is 0 Å². The molecule has 0 aliphatic rings. The molecule has 0 bridgehead atoms. The summed E-state index contributed by atoms with van der Waals surface area (Å²) >= 11 is 0. The molecule has 0 fully saturated rings. The van der Waals surface area contributed by atoms with E-state index in [1.165, 1.54) is 5.56 Å². The number of hydrogen-bond acceptors (Lipinski definition) is 2. The Morgan fingerprint density at radius 1 is 1.41 bits per heavy atom. The lowest BCUT2D eigenvalue weighted by Gasteiger charge is -2.13. The number of nitrogens with one attached hydrogen (secondary N) is 1. The Morgan fingerprint density at radius 3 is 2.94 bits per heavy atom. The SMILES string of the molecule is CCn1ccc(CNC(C)Cn2cccn2)c1. The maximum Gasteiger partial charge on any atom is 0.0560 e. The molecule has 0 saturated carbocycles. The van der Waals surface area contributed by atoms with Crippen LogP contribution in [0.4, 0.5) is 0 Å². The number of nitrogens with zero attached hydrogens (tertiary/aromatic N) is 3. The number of hydrogen-bond donors (Lipinski definition) is 1. The standard InChI is InChI=1S/C13H20N4/c1-3-16-8-5-13(11-16)9-14-12(2)10-17-7-4-6-15-17/h4-8,11-12,14H,3,9-10H2,1-2H3. The Balaban J connectivity index is 1.77. The summed E-state index contributed by atoms with van der Waals surface area (Å²) in [5, 5.41) is 7.70. The summed E-state index contributed by atoms with van der Waals surface area (Å²) in [5.41, 5.74) is 1.33. The maximum atomic E-state index is 4.20. The lowest BCUT2D eigenvalue weighted by atomic mass is 10.3. The molecule has 0 radical (unpaired) electrons. The average molecular weight is 232 g/mol. The van der Waals surface area contributed by atoms with Gasteiger partial charge in [0.15, 0.2) is 0 Å². The minimum absolute atomic E-state index is 0.417. The minimum Gasteiger partial charge on any atom is -0.354 e. The van der Waals surface area contributed by atoms with Crippen LogP contribution in [0.2, 0.25) is 0 Å². The van der Waals surface area contributed by atoms with Gasteiger partial charge in [-0.05, 0) is 31.5 Å². The number of aryl methyl sites for hydroxylation is 1. The van der Waals surface area contributed by atoms with E-state index in [0.29, 0.717) is 6.04 Å². The fourth-order valence-corrected chi connectivity index (χ4v) is 1.84. The molecule has 1 unspecified atom stereocenters. The zero-order valence-electron chi connectivity index (χ0n) is 10.5. The summed E-state index contributed by atoms with van der Waals surface area (Å²) in [5.74, 6) is 0. The van der Waals surface area contributed by atoms with Gasteiger partial charge in [0.05, 0.1) is 6.54 Å². The predicted octanol–water partition coefficient (Wildman–Crippen LogP) is 1.88. The summed E-state index contributed by atoms with van der Waals surface area (Å²) in [4.78, 5) is 0. The van der Waals surface area contributed by atoms with Crippen LogP contribution in [0.1, 0.15) is 19.4 Å². The fraction of sp³-hybridized carbons (Fsp3) is 0.462. The van der Waals surface area contributed by atoms with Crippen LogP contribution in [0.5, 0.6) is 0 Å². The Kier molecular flexibility index (Phi) is 3.98. The van der Waals surface area contributed by atoms with Crippen LogP contribution in [0.25, 0.3) is 0 Å². The van der Waals surface area contributed by atoms with Gasteiger partial charge in [0.1, 0.15) is 0 Å². The molecule has 1 atom stereocenters. The first-order chi connectivity index (χ1) is 8.28. The zero-order valence-corrected chi connectivity index (χ0v) is 10.5. The van der Waals surface area contributed by atoms with E-state index in [-0.39, 0.29) is 0 Å². The van der Waals surface area contributed by atoms with Crippen LogP contribution < -0.4 is 5.32 Å². The van der Waals surface area contributed by atoms with Crippen LogP contribution in [0.15, 0.2) is 36.9 Å². The molecule has 0 amide bonds. The fourth-order valence-electron chi connectivity index (χ4n) is 1.84. The predicted molar refractivity (Wildman–Crippen MR) is 68.6 cm³/mol. The van der Waals surface area contributed by atoms with Gasteiger partial charge in [0.25, 0.3) is 0 Å². The molecule has 17 heavy (non-hydrogen) atoms. The van der Waals surface area contributed by atoms with E-state index in [0.717, 1.165) is 19.6 Å². The van der Waals surface area contributed by atoms with E-state index in [1.54, 1.807) is 0 Å². The molecule has 92 valence electrons. The maximum absolute atomic E-state index is 4.20. The molecule has 0 aliphatic carbocycles. The van der Waals surface area contributed by atoms with Crippen molar-refractivity contribution in [3.8, 4) is 0 Å². The van der Waals surface area contributed by atoms with E-state index < -0.39 is 0 Å². The highest BCUT2D eigenvalue weighted by Crippen LogP contribution is 2.01. The summed E-state index contributed by atoms with van der Waals surface area (Å²) < 4.78 is 4.14. The third kappa shape index (κ3) is 3.46.